The lowest BCUT2D eigenvalue weighted by atomic mass is 10.2. The number of nitrogens with zero attached hydrogens (tertiary/aromatic N) is 2. The quantitative estimate of drug-likeness (QED) is 0.572. The van der Waals surface area contributed by atoms with Crippen LogP contribution in [0.3, 0.4) is 0 Å². The van der Waals surface area contributed by atoms with Gasteiger partial charge in [-0.3, -0.25) is 4.40 Å². The number of methoxy groups -OCH3 is 2. The topological polar surface area (TPSA) is 47.8 Å². The maximum Gasteiger partial charge on any atom is 0.194 e. The van der Waals surface area contributed by atoms with Gasteiger partial charge in [0.15, 0.2) is 16.5 Å². The Bertz CT molecular complexity index is 1020. The second-order valence-electron chi connectivity index (χ2n) is 5.74. The predicted octanol–water partition coefficient (Wildman–Crippen LogP) is 3.86. The Labute approximate surface area is 149 Å². The summed E-state index contributed by atoms with van der Waals surface area (Å²) in [7, 11) is 3.30. The van der Waals surface area contributed by atoms with Gasteiger partial charge in [0.1, 0.15) is 0 Å². The average Bonchev–Trinajstić information content (AvgIpc) is 3.21. The van der Waals surface area contributed by atoms with Crippen molar-refractivity contribution in [2.45, 2.75) is 13.1 Å². The Kier molecular flexibility index (Phi) is 4.29. The number of ether oxygens (including phenoxy) is 2. The maximum atomic E-state index is 5.36. The van der Waals surface area contributed by atoms with Crippen LogP contribution in [-0.2, 0) is 13.1 Å². The normalized spacial score (nSPS) is 11.3. The highest BCUT2D eigenvalue weighted by atomic mass is 32.1. The second-order valence-corrected chi connectivity index (χ2v) is 6.57. The average molecular weight is 353 g/mol. The lowest BCUT2D eigenvalue weighted by Gasteiger charge is -2.10. The number of aromatic nitrogens is 2. The third-order valence-electron chi connectivity index (χ3n) is 4.20. The van der Waals surface area contributed by atoms with E-state index < -0.39 is 0 Å². The van der Waals surface area contributed by atoms with Gasteiger partial charge in [-0.05, 0) is 29.8 Å². The van der Waals surface area contributed by atoms with Crippen LogP contribution >= 0.6 is 11.3 Å². The van der Waals surface area contributed by atoms with E-state index >= 15 is 0 Å². The molecule has 25 heavy (non-hydrogen) atoms. The summed E-state index contributed by atoms with van der Waals surface area (Å²) in [4.78, 5) is 5.70. The van der Waals surface area contributed by atoms with Crippen LogP contribution in [0, 0.1) is 0 Å². The molecule has 0 saturated heterocycles. The Hall–Kier alpha value is -2.57. The van der Waals surface area contributed by atoms with Gasteiger partial charge in [-0.2, -0.15) is 0 Å². The fraction of sp³-hybridized carbons (Fsp3) is 0.211. The molecule has 4 rings (SSSR count). The van der Waals surface area contributed by atoms with Gasteiger partial charge in [0.25, 0.3) is 0 Å². The summed E-state index contributed by atoms with van der Waals surface area (Å²) in [5.41, 5.74) is 4.56. The first-order chi connectivity index (χ1) is 12.3. The van der Waals surface area contributed by atoms with Crippen molar-refractivity contribution in [3.8, 4) is 11.5 Å². The highest BCUT2D eigenvalue weighted by Crippen LogP contribution is 2.27. The molecule has 0 aliphatic carbocycles. The number of nitrogens with one attached hydrogen (secondary N) is 1. The molecule has 0 saturated carbocycles. The van der Waals surface area contributed by atoms with Crippen molar-refractivity contribution in [1.82, 2.24) is 14.7 Å². The van der Waals surface area contributed by atoms with Gasteiger partial charge in [-0.1, -0.05) is 18.2 Å². The zero-order valence-corrected chi connectivity index (χ0v) is 15.0. The van der Waals surface area contributed by atoms with Crippen molar-refractivity contribution in [2.75, 3.05) is 14.2 Å². The van der Waals surface area contributed by atoms with Crippen molar-refractivity contribution in [1.29, 1.82) is 0 Å². The summed E-state index contributed by atoms with van der Waals surface area (Å²) in [6.07, 6.45) is 0. The van der Waals surface area contributed by atoms with Crippen molar-refractivity contribution >= 4 is 27.3 Å². The van der Waals surface area contributed by atoms with E-state index in [-0.39, 0.29) is 0 Å². The van der Waals surface area contributed by atoms with E-state index in [0.717, 1.165) is 46.1 Å². The van der Waals surface area contributed by atoms with Crippen molar-refractivity contribution in [3.63, 3.8) is 0 Å². The number of para-hydroxylation sites is 2. The molecule has 0 atom stereocenters. The zero-order chi connectivity index (χ0) is 17.2. The molecule has 2 aromatic carbocycles. The molecule has 128 valence electrons. The van der Waals surface area contributed by atoms with E-state index in [1.165, 1.54) is 5.69 Å². The number of fused-ring (bicyclic) bond motifs is 3. The number of benzene rings is 2. The Morgan fingerprint density at radius 3 is 2.72 bits per heavy atom. The standard InChI is InChI=1S/C19H19N3O2S/c1-23-17-8-7-13(9-18(17)24-2)10-20-11-14-12-25-19-21-15-5-3-4-6-16(15)22(14)19/h3-9,12,20H,10-11H2,1-2H3. The number of thiazole rings is 1. The SMILES string of the molecule is COc1ccc(CNCc2csc3nc4ccccc4n23)cc1OC. The first kappa shape index (κ1) is 15.9. The highest BCUT2D eigenvalue weighted by molar-refractivity contribution is 7.15. The minimum atomic E-state index is 0.746. The van der Waals surface area contributed by atoms with Crippen LogP contribution in [-0.4, -0.2) is 23.6 Å². The van der Waals surface area contributed by atoms with E-state index in [4.69, 9.17) is 9.47 Å². The molecule has 6 heteroatoms. The summed E-state index contributed by atoms with van der Waals surface area (Å²) >= 11 is 1.67. The lowest BCUT2D eigenvalue weighted by Crippen LogP contribution is -2.14. The molecule has 0 amide bonds. The minimum absolute atomic E-state index is 0.746. The first-order valence-corrected chi connectivity index (χ1v) is 8.93. The van der Waals surface area contributed by atoms with E-state index in [1.807, 2.05) is 24.3 Å². The minimum Gasteiger partial charge on any atom is -0.493 e. The second kappa shape index (κ2) is 6.74. The number of imidazole rings is 1. The molecule has 0 bridgehead atoms. The Balaban J connectivity index is 1.51. The van der Waals surface area contributed by atoms with Crippen LogP contribution in [0.4, 0.5) is 0 Å². The van der Waals surface area contributed by atoms with Crippen LogP contribution in [0.2, 0.25) is 0 Å². The fourth-order valence-corrected chi connectivity index (χ4v) is 3.88. The summed E-state index contributed by atoms with van der Waals surface area (Å²) in [6, 6.07) is 14.2. The molecular weight excluding hydrogens is 334 g/mol. The van der Waals surface area contributed by atoms with E-state index in [1.54, 1.807) is 25.6 Å². The van der Waals surface area contributed by atoms with Crippen molar-refractivity contribution in [3.05, 3.63) is 59.1 Å². The van der Waals surface area contributed by atoms with Crippen LogP contribution in [0.25, 0.3) is 16.0 Å². The van der Waals surface area contributed by atoms with Gasteiger partial charge >= 0.3 is 0 Å². The molecule has 0 aliphatic heterocycles. The third kappa shape index (κ3) is 2.94. The number of hydrogen-bond acceptors (Lipinski definition) is 5. The van der Waals surface area contributed by atoms with E-state index in [2.05, 4.69) is 38.3 Å². The van der Waals surface area contributed by atoms with Gasteiger partial charge < -0.3 is 14.8 Å². The molecule has 0 unspecified atom stereocenters. The Morgan fingerprint density at radius 2 is 1.88 bits per heavy atom. The van der Waals surface area contributed by atoms with Gasteiger partial charge in [-0.25, -0.2) is 4.98 Å². The smallest absolute Gasteiger partial charge is 0.194 e. The number of rotatable bonds is 6. The molecule has 0 spiro atoms. The van der Waals surface area contributed by atoms with Gasteiger partial charge in [0, 0.05) is 24.2 Å². The zero-order valence-electron chi connectivity index (χ0n) is 14.2. The van der Waals surface area contributed by atoms with Crippen LogP contribution in [0.15, 0.2) is 47.8 Å². The van der Waals surface area contributed by atoms with Gasteiger partial charge in [0.05, 0.1) is 25.3 Å². The molecule has 0 radical (unpaired) electrons. The third-order valence-corrected chi connectivity index (χ3v) is 5.08. The molecule has 0 aliphatic rings. The molecule has 1 N–H and O–H groups in total. The molecule has 0 fully saturated rings. The highest BCUT2D eigenvalue weighted by Gasteiger charge is 2.10. The largest absolute Gasteiger partial charge is 0.493 e. The van der Waals surface area contributed by atoms with Gasteiger partial charge in [0.2, 0.25) is 0 Å². The summed E-state index contributed by atoms with van der Waals surface area (Å²) in [5, 5.41) is 5.66. The van der Waals surface area contributed by atoms with Crippen molar-refractivity contribution < 1.29 is 9.47 Å². The Morgan fingerprint density at radius 1 is 1.04 bits per heavy atom. The first-order valence-electron chi connectivity index (χ1n) is 8.05. The van der Waals surface area contributed by atoms with Crippen LogP contribution < -0.4 is 14.8 Å². The molecular formula is C19H19N3O2S. The fourth-order valence-electron chi connectivity index (χ4n) is 2.98. The summed E-state index contributed by atoms with van der Waals surface area (Å²) in [6.45, 7) is 1.53. The maximum absolute atomic E-state index is 5.36. The number of hydrogen-bond donors (Lipinski definition) is 1. The summed E-state index contributed by atoms with van der Waals surface area (Å²) < 4.78 is 12.9. The molecule has 5 nitrogen and oxygen atoms in total. The van der Waals surface area contributed by atoms with Crippen LogP contribution in [0.1, 0.15) is 11.3 Å². The molecule has 4 aromatic rings. The molecule has 2 aromatic heterocycles. The molecule has 2 heterocycles. The van der Waals surface area contributed by atoms with E-state index in [9.17, 15) is 0 Å². The predicted molar refractivity (Wildman–Crippen MR) is 101 cm³/mol. The monoisotopic (exact) mass is 353 g/mol. The van der Waals surface area contributed by atoms with Crippen LogP contribution in [0.5, 0.6) is 11.5 Å². The van der Waals surface area contributed by atoms with Gasteiger partial charge in [-0.15, -0.1) is 11.3 Å². The summed E-state index contributed by atoms with van der Waals surface area (Å²) in [5.74, 6) is 1.50. The lowest BCUT2D eigenvalue weighted by molar-refractivity contribution is 0.354. The van der Waals surface area contributed by atoms with Crippen molar-refractivity contribution in [2.24, 2.45) is 0 Å². The van der Waals surface area contributed by atoms with E-state index in [0.29, 0.717) is 0 Å².